The Morgan fingerprint density at radius 2 is 1.70 bits per heavy atom. The molecule has 1 aliphatic rings. The van der Waals surface area contributed by atoms with Crippen molar-refractivity contribution in [1.82, 2.24) is 0 Å². The molecule has 1 heterocycles. The number of nitriles is 1. The van der Waals surface area contributed by atoms with Gasteiger partial charge >= 0.3 is 0 Å². The fourth-order valence-corrected chi connectivity index (χ4v) is 4.81. The monoisotopic (exact) mass is 399 g/mol. The molecule has 4 heteroatoms. The number of rotatable bonds is 5. The van der Waals surface area contributed by atoms with E-state index < -0.39 is 0 Å². The largest absolute Gasteiger partial charge is 0.504 e. The molecule has 0 radical (unpaired) electrons. The number of benzene rings is 3. The Bertz CT molecular complexity index is 1060. The highest BCUT2D eigenvalue weighted by Crippen LogP contribution is 2.47. The minimum Gasteiger partial charge on any atom is -0.504 e. The summed E-state index contributed by atoms with van der Waals surface area (Å²) in [7, 11) is 3.75. The number of likely N-dealkylation sites (N-methyl/N-ethyl adjacent to an activating group) is 1. The summed E-state index contributed by atoms with van der Waals surface area (Å²) in [6, 6.07) is 27.1. The van der Waals surface area contributed by atoms with Gasteiger partial charge in [0.2, 0.25) is 0 Å². The first-order valence-corrected chi connectivity index (χ1v) is 10.3. The van der Waals surface area contributed by atoms with Gasteiger partial charge in [0.1, 0.15) is 12.1 Å². The Morgan fingerprint density at radius 3 is 2.33 bits per heavy atom. The van der Waals surface area contributed by atoms with E-state index in [9.17, 15) is 10.4 Å². The first kappa shape index (κ1) is 20.0. The Labute approximate surface area is 178 Å². The van der Waals surface area contributed by atoms with Gasteiger partial charge in [0.15, 0.2) is 18.0 Å². The first-order valence-electron chi connectivity index (χ1n) is 10.3. The lowest BCUT2D eigenvalue weighted by molar-refractivity contribution is -0.936. The molecule has 0 amide bonds. The SMILES string of the molecule is COc1cc2c(cc1O)C(c1ccccc1)C[N+](C)(CC#N)C2Cc1ccccc1. The molecule has 0 saturated heterocycles. The second-order valence-electron chi connectivity index (χ2n) is 8.30. The zero-order chi connectivity index (χ0) is 21.1. The molecule has 0 spiro atoms. The van der Waals surface area contributed by atoms with Crippen LogP contribution in [0.2, 0.25) is 0 Å². The van der Waals surface area contributed by atoms with Gasteiger partial charge in [-0.2, -0.15) is 5.26 Å². The third-order valence-corrected chi connectivity index (χ3v) is 6.38. The number of phenolic OH excluding ortho intramolecular Hbond substituents is 1. The summed E-state index contributed by atoms with van der Waals surface area (Å²) in [6.07, 6.45) is 0.821. The molecular weight excluding hydrogens is 372 g/mol. The van der Waals surface area contributed by atoms with Crippen molar-refractivity contribution in [1.29, 1.82) is 5.26 Å². The van der Waals surface area contributed by atoms with Gasteiger partial charge in [0, 0.05) is 12.0 Å². The number of fused-ring (bicyclic) bond motifs is 1. The Balaban J connectivity index is 1.90. The van der Waals surface area contributed by atoms with Gasteiger partial charge in [0.25, 0.3) is 0 Å². The average molecular weight is 400 g/mol. The van der Waals surface area contributed by atoms with Crippen LogP contribution in [0.25, 0.3) is 0 Å². The Hall–Kier alpha value is -3.29. The lowest BCUT2D eigenvalue weighted by Gasteiger charge is -2.47. The van der Waals surface area contributed by atoms with Crippen LogP contribution in [-0.4, -0.2) is 36.8 Å². The van der Waals surface area contributed by atoms with Crippen LogP contribution in [0.4, 0.5) is 0 Å². The molecule has 3 aromatic carbocycles. The van der Waals surface area contributed by atoms with E-state index in [0.717, 1.165) is 24.1 Å². The molecule has 1 N–H and O–H groups in total. The molecule has 30 heavy (non-hydrogen) atoms. The summed E-state index contributed by atoms with van der Waals surface area (Å²) in [5.74, 6) is 0.736. The molecule has 4 nitrogen and oxygen atoms in total. The number of methoxy groups -OCH3 is 1. The van der Waals surface area contributed by atoms with Crippen molar-refractivity contribution < 1.29 is 14.3 Å². The highest BCUT2D eigenvalue weighted by molar-refractivity contribution is 5.52. The van der Waals surface area contributed by atoms with E-state index in [2.05, 4.69) is 49.5 Å². The van der Waals surface area contributed by atoms with Gasteiger partial charge in [-0.25, -0.2) is 0 Å². The summed E-state index contributed by atoms with van der Waals surface area (Å²) >= 11 is 0. The number of aromatic hydroxyl groups is 1. The zero-order valence-corrected chi connectivity index (χ0v) is 17.5. The average Bonchev–Trinajstić information content (AvgIpc) is 2.77. The van der Waals surface area contributed by atoms with Gasteiger partial charge in [-0.05, 0) is 28.8 Å². The zero-order valence-electron chi connectivity index (χ0n) is 17.5. The number of phenols is 1. The van der Waals surface area contributed by atoms with Crippen molar-refractivity contribution >= 4 is 0 Å². The maximum atomic E-state index is 10.6. The van der Waals surface area contributed by atoms with Gasteiger partial charge < -0.3 is 14.3 Å². The summed E-state index contributed by atoms with van der Waals surface area (Å²) in [4.78, 5) is 0. The lowest BCUT2D eigenvalue weighted by Crippen LogP contribution is -2.53. The van der Waals surface area contributed by atoms with Crippen molar-refractivity contribution in [3.63, 3.8) is 0 Å². The molecule has 0 saturated carbocycles. The fraction of sp³-hybridized carbons (Fsp3) is 0.269. The van der Waals surface area contributed by atoms with Crippen molar-refractivity contribution in [3.05, 3.63) is 95.1 Å². The van der Waals surface area contributed by atoms with Crippen LogP contribution in [0.3, 0.4) is 0 Å². The normalized spacial score (nSPS) is 22.7. The van der Waals surface area contributed by atoms with E-state index in [1.54, 1.807) is 7.11 Å². The second-order valence-corrected chi connectivity index (χ2v) is 8.30. The lowest BCUT2D eigenvalue weighted by atomic mass is 9.78. The summed E-state index contributed by atoms with van der Waals surface area (Å²) in [5.41, 5.74) is 4.70. The van der Waals surface area contributed by atoms with Gasteiger partial charge in [-0.1, -0.05) is 60.7 Å². The maximum absolute atomic E-state index is 10.6. The number of nitrogens with zero attached hydrogens (tertiary/aromatic N) is 2. The Kier molecular flexibility index (Phi) is 5.48. The molecule has 0 bridgehead atoms. The fourth-order valence-electron chi connectivity index (χ4n) is 4.81. The quantitative estimate of drug-likeness (QED) is 0.495. The number of ether oxygens (including phenoxy) is 1. The summed E-state index contributed by atoms with van der Waals surface area (Å²) < 4.78 is 6.07. The van der Waals surface area contributed by atoms with Crippen LogP contribution < -0.4 is 4.74 Å². The van der Waals surface area contributed by atoms with Crippen molar-refractivity contribution in [2.24, 2.45) is 0 Å². The molecule has 0 aromatic heterocycles. The standard InChI is InChI=1S/C26H26N2O2/c1-28(14-13-27)18-23(20-11-7-4-8-12-20)21-16-25(29)26(30-2)17-22(21)24(28)15-19-9-5-3-6-10-19/h3-12,16-17,23-24H,14-15,18H2,1-2H3/p+1. The van der Waals surface area contributed by atoms with E-state index in [1.165, 1.54) is 11.1 Å². The molecule has 3 unspecified atom stereocenters. The Morgan fingerprint density at radius 1 is 1.03 bits per heavy atom. The molecule has 3 aromatic rings. The number of quaternary nitrogens is 1. The molecular formula is C26H27N2O2+. The smallest absolute Gasteiger partial charge is 0.166 e. The summed E-state index contributed by atoms with van der Waals surface area (Å²) in [6.45, 7) is 1.22. The minimum atomic E-state index is 0.0940. The second kappa shape index (κ2) is 8.22. The van der Waals surface area contributed by atoms with Crippen molar-refractivity contribution in [3.8, 4) is 17.6 Å². The summed E-state index contributed by atoms with van der Waals surface area (Å²) in [5, 5.41) is 20.2. The number of hydrogen-bond donors (Lipinski definition) is 1. The van der Waals surface area contributed by atoms with Crippen molar-refractivity contribution in [2.45, 2.75) is 18.4 Å². The highest BCUT2D eigenvalue weighted by atomic mass is 16.5. The molecule has 1 aliphatic heterocycles. The van der Waals surface area contributed by atoms with Crippen LogP contribution in [0.1, 0.15) is 34.2 Å². The van der Waals surface area contributed by atoms with E-state index in [1.807, 2.05) is 36.4 Å². The van der Waals surface area contributed by atoms with Gasteiger partial charge in [-0.3, -0.25) is 0 Å². The molecule has 3 atom stereocenters. The predicted molar refractivity (Wildman–Crippen MR) is 117 cm³/mol. The predicted octanol–water partition coefficient (Wildman–Crippen LogP) is 4.80. The van der Waals surface area contributed by atoms with Gasteiger partial charge in [0.05, 0.1) is 26.6 Å². The molecule has 0 aliphatic carbocycles. The van der Waals surface area contributed by atoms with Crippen LogP contribution in [0, 0.1) is 11.3 Å². The van der Waals surface area contributed by atoms with E-state index >= 15 is 0 Å². The number of hydrogen-bond acceptors (Lipinski definition) is 3. The van der Waals surface area contributed by atoms with E-state index in [0.29, 0.717) is 16.8 Å². The third-order valence-electron chi connectivity index (χ3n) is 6.38. The van der Waals surface area contributed by atoms with E-state index in [4.69, 9.17) is 4.74 Å². The minimum absolute atomic E-state index is 0.0940. The maximum Gasteiger partial charge on any atom is 0.166 e. The van der Waals surface area contributed by atoms with Crippen LogP contribution in [-0.2, 0) is 6.42 Å². The molecule has 0 fully saturated rings. The third kappa shape index (κ3) is 3.65. The first-order chi connectivity index (χ1) is 14.6. The molecule has 4 rings (SSSR count). The highest BCUT2D eigenvalue weighted by Gasteiger charge is 2.44. The van der Waals surface area contributed by atoms with Crippen LogP contribution >= 0.6 is 0 Å². The topological polar surface area (TPSA) is 53.2 Å². The van der Waals surface area contributed by atoms with Crippen LogP contribution in [0.15, 0.2) is 72.8 Å². The van der Waals surface area contributed by atoms with E-state index in [-0.39, 0.29) is 17.7 Å². The van der Waals surface area contributed by atoms with Crippen molar-refractivity contribution in [2.75, 3.05) is 27.2 Å². The molecule has 152 valence electrons. The van der Waals surface area contributed by atoms with Crippen LogP contribution in [0.5, 0.6) is 11.5 Å². The van der Waals surface area contributed by atoms with Gasteiger partial charge in [-0.15, -0.1) is 0 Å².